The van der Waals surface area contributed by atoms with Crippen LogP contribution in [0.3, 0.4) is 0 Å². The van der Waals surface area contributed by atoms with Crippen molar-refractivity contribution in [1.29, 1.82) is 0 Å². The molecule has 1 aromatic rings. The summed E-state index contributed by atoms with van der Waals surface area (Å²) in [6.45, 7) is 2.55. The molecule has 20 heavy (non-hydrogen) atoms. The molecule has 0 radical (unpaired) electrons. The minimum Gasteiger partial charge on any atom is -0.367 e. The number of rotatable bonds is 3. The monoisotopic (exact) mass is 273 g/mol. The number of aromatic nitrogens is 1. The first kappa shape index (κ1) is 13.4. The molecule has 0 aromatic carbocycles. The SMILES string of the molecule is CC(=O)N1CCCC[C@@H]1c1cccnc1NC1CCC1. The fourth-order valence-electron chi connectivity index (χ4n) is 3.18. The average Bonchev–Trinajstić information content (AvgIpc) is 2.43. The molecule has 4 heteroatoms. The number of anilines is 1. The van der Waals surface area contributed by atoms with E-state index >= 15 is 0 Å². The maximum Gasteiger partial charge on any atom is 0.219 e. The van der Waals surface area contributed by atoms with Crippen molar-refractivity contribution >= 4 is 11.7 Å². The topological polar surface area (TPSA) is 45.2 Å². The van der Waals surface area contributed by atoms with Crippen LogP contribution in [0.5, 0.6) is 0 Å². The van der Waals surface area contributed by atoms with Gasteiger partial charge in [0, 0.05) is 31.3 Å². The highest BCUT2D eigenvalue weighted by Crippen LogP contribution is 2.35. The first-order valence-electron chi connectivity index (χ1n) is 7.74. The summed E-state index contributed by atoms with van der Waals surface area (Å²) in [6, 6.07) is 4.87. The Morgan fingerprint density at radius 3 is 2.85 bits per heavy atom. The molecular weight excluding hydrogens is 250 g/mol. The Bertz CT molecular complexity index is 484. The predicted molar refractivity (Wildman–Crippen MR) is 79.5 cm³/mol. The highest BCUT2D eigenvalue weighted by Gasteiger charge is 2.29. The van der Waals surface area contributed by atoms with Crippen LogP contribution in [-0.2, 0) is 4.79 Å². The Morgan fingerprint density at radius 2 is 2.15 bits per heavy atom. The number of nitrogens with zero attached hydrogens (tertiary/aromatic N) is 2. The van der Waals surface area contributed by atoms with Crippen LogP contribution >= 0.6 is 0 Å². The smallest absolute Gasteiger partial charge is 0.219 e. The molecule has 1 saturated heterocycles. The molecule has 1 aliphatic carbocycles. The van der Waals surface area contributed by atoms with E-state index in [4.69, 9.17) is 0 Å². The van der Waals surface area contributed by atoms with Gasteiger partial charge in [-0.25, -0.2) is 4.98 Å². The number of hydrogen-bond donors (Lipinski definition) is 1. The van der Waals surface area contributed by atoms with Crippen LogP contribution in [0.25, 0.3) is 0 Å². The van der Waals surface area contributed by atoms with Gasteiger partial charge >= 0.3 is 0 Å². The third-order valence-electron chi connectivity index (χ3n) is 4.55. The second-order valence-electron chi connectivity index (χ2n) is 5.94. The van der Waals surface area contributed by atoms with E-state index in [9.17, 15) is 4.79 Å². The molecule has 2 heterocycles. The minimum absolute atomic E-state index is 0.174. The number of piperidine rings is 1. The van der Waals surface area contributed by atoms with Gasteiger partial charge in [0.05, 0.1) is 6.04 Å². The van der Waals surface area contributed by atoms with Gasteiger partial charge in [-0.05, 0) is 44.6 Å². The zero-order valence-corrected chi connectivity index (χ0v) is 12.1. The van der Waals surface area contributed by atoms with Gasteiger partial charge < -0.3 is 10.2 Å². The van der Waals surface area contributed by atoms with Crippen molar-refractivity contribution in [3.8, 4) is 0 Å². The summed E-state index contributed by atoms with van der Waals surface area (Å²) in [4.78, 5) is 18.4. The van der Waals surface area contributed by atoms with Gasteiger partial charge in [0.2, 0.25) is 5.91 Å². The van der Waals surface area contributed by atoms with Crippen molar-refractivity contribution in [2.75, 3.05) is 11.9 Å². The van der Waals surface area contributed by atoms with Gasteiger partial charge in [-0.15, -0.1) is 0 Å². The first-order chi connectivity index (χ1) is 9.75. The average molecular weight is 273 g/mol. The Hall–Kier alpha value is -1.58. The number of carbonyl (C=O) groups excluding carboxylic acids is 1. The van der Waals surface area contributed by atoms with Crippen LogP contribution in [0.2, 0.25) is 0 Å². The number of amides is 1. The van der Waals surface area contributed by atoms with Crippen molar-refractivity contribution in [1.82, 2.24) is 9.88 Å². The first-order valence-corrected chi connectivity index (χ1v) is 7.74. The van der Waals surface area contributed by atoms with Gasteiger partial charge in [0.1, 0.15) is 5.82 Å². The summed E-state index contributed by atoms with van der Waals surface area (Å²) in [5.41, 5.74) is 1.19. The fraction of sp³-hybridized carbons (Fsp3) is 0.625. The van der Waals surface area contributed by atoms with Crippen molar-refractivity contribution in [2.45, 2.75) is 57.5 Å². The summed E-state index contributed by atoms with van der Waals surface area (Å²) in [6.07, 6.45) is 8.96. The van der Waals surface area contributed by atoms with Crippen molar-refractivity contribution < 1.29 is 4.79 Å². The quantitative estimate of drug-likeness (QED) is 0.920. The Balaban J connectivity index is 1.85. The van der Waals surface area contributed by atoms with E-state index in [1.807, 2.05) is 17.2 Å². The van der Waals surface area contributed by atoms with Crippen molar-refractivity contribution in [3.63, 3.8) is 0 Å². The molecule has 2 fully saturated rings. The van der Waals surface area contributed by atoms with E-state index in [1.165, 1.54) is 31.2 Å². The minimum atomic E-state index is 0.174. The molecule has 0 bridgehead atoms. The summed E-state index contributed by atoms with van der Waals surface area (Å²) in [7, 11) is 0. The number of pyridine rings is 1. The number of nitrogens with one attached hydrogen (secondary N) is 1. The molecule has 1 amide bonds. The molecule has 2 aliphatic rings. The maximum atomic E-state index is 11.9. The number of carbonyl (C=O) groups is 1. The summed E-state index contributed by atoms with van der Waals surface area (Å²) in [5, 5.41) is 3.55. The molecule has 1 saturated carbocycles. The lowest BCUT2D eigenvalue weighted by Crippen LogP contribution is -2.38. The Morgan fingerprint density at radius 1 is 1.30 bits per heavy atom. The van der Waals surface area contributed by atoms with Crippen LogP contribution in [0.4, 0.5) is 5.82 Å². The lowest BCUT2D eigenvalue weighted by molar-refractivity contribution is -0.132. The molecule has 3 rings (SSSR count). The molecule has 1 aromatic heterocycles. The van der Waals surface area contributed by atoms with Crippen LogP contribution in [0, 0.1) is 0 Å². The molecule has 1 atom stereocenters. The van der Waals surface area contributed by atoms with E-state index in [2.05, 4.69) is 16.4 Å². The molecule has 0 unspecified atom stereocenters. The molecule has 108 valence electrons. The van der Waals surface area contributed by atoms with E-state index in [-0.39, 0.29) is 11.9 Å². The van der Waals surface area contributed by atoms with E-state index in [0.29, 0.717) is 6.04 Å². The van der Waals surface area contributed by atoms with Crippen LogP contribution in [0.1, 0.15) is 57.1 Å². The largest absolute Gasteiger partial charge is 0.367 e. The Kier molecular flexibility index (Phi) is 3.90. The van der Waals surface area contributed by atoms with E-state index < -0.39 is 0 Å². The van der Waals surface area contributed by atoms with Gasteiger partial charge in [-0.3, -0.25) is 4.79 Å². The van der Waals surface area contributed by atoms with E-state index in [0.717, 1.165) is 25.2 Å². The number of likely N-dealkylation sites (tertiary alicyclic amines) is 1. The standard InChI is InChI=1S/C16H23N3O/c1-12(20)19-11-3-2-9-15(19)14-8-5-10-17-16(14)18-13-6-4-7-13/h5,8,10,13,15H,2-4,6-7,9,11H2,1H3,(H,17,18)/t15-/m1/s1. The van der Waals surface area contributed by atoms with E-state index in [1.54, 1.807) is 6.92 Å². The third-order valence-corrected chi connectivity index (χ3v) is 4.55. The van der Waals surface area contributed by atoms with Crippen molar-refractivity contribution in [3.05, 3.63) is 23.9 Å². The van der Waals surface area contributed by atoms with Crippen LogP contribution in [0.15, 0.2) is 18.3 Å². The maximum absolute atomic E-state index is 11.9. The zero-order valence-electron chi connectivity index (χ0n) is 12.1. The second-order valence-corrected chi connectivity index (χ2v) is 5.94. The predicted octanol–water partition coefficient (Wildman–Crippen LogP) is 3.12. The van der Waals surface area contributed by atoms with Crippen LogP contribution < -0.4 is 5.32 Å². The lowest BCUT2D eigenvalue weighted by atomic mass is 9.91. The third kappa shape index (κ3) is 2.65. The molecule has 1 N–H and O–H groups in total. The van der Waals surface area contributed by atoms with Gasteiger partial charge in [-0.2, -0.15) is 0 Å². The zero-order chi connectivity index (χ0) is 13.9. The fourth-order valence-corrected chi connectivity index (χ4v) is 3.18. The van der Waals surface area contributed by atoms with Gasteiger partial charge in [0.15, 0.2) is 0 Å². The number of hydrogen-bond acceptors (Lipinski definition) is 3. The normalized spacial score (nSPS) is 23.2. The molecule has 0 spiro atoms. The highest BCUT2D eigenvalue weighted by molar-refractivity contribution is 5.74. The second kappa shape index (κ2) is 5.81. The van der Waals surface area contributed by atoms with Gasteiger partial charge in [0.25, 0.3) is 0 Å². The summed E-state index contributed by atoms with van der Waals surface area (Å²) in [5.74, 6) is 1.16. The van der Waals surface area contributed by atoms with Crippen molar-refractivity contribution in [2.24, 2.45) is 0 Å². The molecular formula is C16H23N3O. The summed E-state index contributed by atoms with van der Waals surface area (Å²) >= 11 is 0. The van der Waals surface area contributed by atoms with Crippen LogP contribution in [-0.4, -0.2) is 28.4 Å². The molecule has 4 nitrogen and oxygen atoms in total. The molecule has 1 aliphatic heterocycles. The van der Waals surface area contributed by atoms with Gasteiger partial charge in [-0.1, -0.05) is 6.07 Å². The Labute approximate surface area is 120 Å². The highest BCUT2D eigenvalue weighted by atomic mass is 16.2. The summed E-state index contributed by atoms with van der Waals surface area (Å²) < 4.78 is 0. The lowest BCUT2D eigenvalue weighted by Gasteiger charge is -2.37.